The van der Waals surface area contributed by atoms with Crippen LogP contribution in [0.15, 0.2) is 47.2 Å². The van der Waals surface area contributed by atoms with Crippen molar-refractivity contribution in [2.45, 2.75) is 12.7 Å². The molecular weight excluding hydrogens is 321 g/mol. The molecule has 0 fully saturated rings. The Bertz CT molecular complexity index is 556. The summed E-state index contributed by atoms with van der Waals surface area (Å²) in [5.74, 6) is 0. The fourth-order valence-corrected chi connectivity index (χ4v) is 2.03. The van der Waals surface area contributed by atoms with E-state index < -0.39 is 11.7 Å². The number of anilines is 1. The maximum absolute atomic E-state index is 12.7. The molecule has 0 atom stereocenters. The molecule has 19 heavy (non-hydrogen) atoms. The monoisotopic (exact) mass is 330 g/mol. The van der Waals surface area contributed by atoms with Gasteiger partial charge in [-0.1, -0.05) is 15.9 Å². The zero-order valence-corrected chi connectivity index (χ0v) is 11.3. The summed E-state index contributed by atoms with van der Waals surface area (Å²) in [6, 6.07) is 7.68. The normalized spacial score (nSPS) is 11.4. The van der Waals surface area contributed by atoms with Gasteiger partial charge in [0.25, 0.3) is 0 Å². The summed E-state index contributed by atoms with van der Waals surface area (Å²) < 4.78 is 38.2. The summed E-state index contributed by atoms with van der Waals surface area (Å²) in [4.78, 5) is 3.88. The Hall–Kier alpha value is -1.56. The highest BCUT2D eigenvalue weighted by molar-refractivity contribution is 9.10. The maximum Gasteiger partial charge on any atom is 0.417 e. The Morgan fingerprint density at radius 2 is 1.79 bits per heavy atom. The Morgan fingerprint density at radius 3 is 2.42 bits per heavy atom. The molecule has 0 saturated heterocycles. The molecule has 2 aromatic rings. The quantitative estimate of drug-likeness (QED) is 0.897. The minimum Gasteiger partial charge on any atom is -0.381 e. The van der Waals surface area contributed by atoms with E-state index in [1.165, 1.54) is 6.07 Å². The van der Waals surface area contributed by atoms with Gasteiger partial charge in [0, 0.05) is 29.1 Å². The number of nitrogens with zero attached hydrogens (tertiary/aromatic N) is 1. The third-order valence-electron chi connectivity index (χ3n) is 2.52. The van der Waals surface area contributed by atoms with Gasteiger partial charge in [0.1, 0.15) is 0 Å². The number of hydrogen-bond acceptors (Lipinski definition) is 2. The molecule has 1 aromatic carbocycles. The molecule has 0 saturated carbocycles. The predicted molar refractivity (Wildman–Crippen MR) is 70.7 cm³/mol. The minimum absolute atomic E-state index is 0.0365. The van der Waals surface area contributed by atoms with Crippen molar-refractivity contribution in [2.24, 2.45) is 0 Å². The van der Waals surface area contributed by atoms with Crippen LogP contribution in [-0.4, -0.2) is 4.98 Å². The lowest BCUT2D eigenvalue weighted by Gasteiger charge is -2.12. The highest BCUT2D eigenvalue weighted by atomic mass is 79.9. The average Bonchev–Trinajstić information content (AvgIpc) is 2.37. The summed E-state index contributed by atoms with van der Waals surface area (Å²) in [7, 11) is 0. The van der Waals surface area contributed by atoms with Crippen LogP contribution in [0.1, 0.15) is 11.1 Å². The molecule has 1 N–H and O–H groups in total. The van der Waals surface area contributed by atoms with Crippen LogP contribution >= 0.6 is 15.9 Å². The van der Waals surface area contributed by atoms with E-state index in [9.17, 15) is 13.2 Å². The van der Waals surface area contributed by atoms with Crippen LogP contribution in [0.4, 0.5) is 18.9 Å². The van der Waals surface area contributed by atoms with Crippen LogP contribution in [0.3, 0.4) is 0 Å². The van der Waals surface area contributed by atoms with Crippen LogP contribution in [0.2, 0.25) is 0 Å². The Morgan fingerprint density at radius 1 is 1.11 bits per heavy atom. The van der Waals surface area contributed by atoms with E-state index >= 15 is 0 Å². The second-order valence-electron chi connectivity index (χ2n) is 3.90. The smallest absolute Gasteiger partial charge is 0.381 e. The van der Waals surface area contributed by atoms with Crippen LogP contribution in [0.25, 0.3) is 0 Å². The van der Waals surface area contributed by atoms with Crippen molar-refractivity contribution in [1.82, 2.24) is 4.98 Å². The van der Waals surface area contributed by atoms with E-state index in [4.69, 9.17) is 0 Å². The zero-order chi connectivity index (χ0) is 13.9. The second-order valence-corrected chi connectivity index (χ2v) is 4.76. The van der Waals surface area contributed by atoms with Crippen LogP contribution in [0.5, 0.6) is 0 Å². The molecule has 0 bridgehead atoms. The first-order valence-corrected chi connectivity index (χ1v) is 6.25. The molecule has 0 aliphatic carbocycles. The molecule has 1 aromatic heterocycles. The number of rotatable bonds is 3. The van der Waals surface area contributed by atoms with E-state index in [0.29, 0.717) is 12.2 Å². The number of nitrogens with one attached hydrogen (secondary N) is 1. The highest BCUT2D eigenvalue weighted by Gasteiger charge is 2.33. The van der Waals surface area contributed by atoms with E-state index in [1.54, 1.807) is 30.6 Å². The molecule has 6 heteroatoms. The zero-order valence-electron chi connectivity index (χ0n) is 9.71. The first kappa shape index (κ1) is 13.9. The molecule has 0 spiro atoms. The van der Waals surface area contributed by atoms with Crippen molar-refractivity contribution in [3.05, 3.63) is 58.3 Å². The SMILES string of the molecule is FC(F)(F)c1cc(NCc2ccncc2)ccc1Br. The van der Waals surface area contributed by atoms with Gasteiger partial charge >= 0.3 is 6.18 Å². The van der Waals surface area contributed by atoms with Crippen molar-refractivity contribution in [3.63, 3.8) is 0 Å². The molecular formula is C13H10BrF3N2. The molecule has 2 nitrogen and oxygen atoms in total. The number of alkyl halides is 3. The Labute approximate surface area is 116 Å². The lowest BCUT2D eigenvalue weighted by Crippen LogP contribution is -2.07. The van der Waals surface area contributed by atoms with Crippen LogP contribution in [-0.2, 0) is 12.7 Å². The Kier molecular flexibility index (Phi) is 4.09. The summed E-state index contributed by atoms with van der Waals surface area (Å²) in [6.07, 6.45) is -1.09. The van der Waals surface area contributed by atoms with Crippen molar-refractivity contribution in [3.8, 4) is 0 Å². The summed E-state index contributed by atoms with van der Waals surface area (Å²) in [5.41, 5.74) is 0.686. The maximum atomic E-state index is 12.7. The topological polar surface area (TPSA) is 24.9 Å². The fourth-order valence-electron chi connectivity index (χ4n) is 1.56. The van der Waals surface area contributed by atoms with E-state index in [-0.39, 0.29) is 4.47 Å². The summed E-state index contributed by atoms with van der Waals surface area (Å²) in [5, 5.41) is 2.95. The number of pyridine rings is 1. The standard InChI is InChI=1S/C13H10BrF3N2/c14-12-2-1-10(7-11(12)13(15,16)17)19-8-9-3-5-18-6-4-9/h1-7,19H,8H2. The van der Waals surface area contributed by atoms with Gasteiger partial charge in [-0.05, 0) is 35.9 Å². The highest BCUT2D eigenvalue weighted by Crippen LogP contribution is 2.36. The largest absolute Gasteiger partial charge is 0.417 e. The van der Waals surface area contributed by atoms with Gasteiger partial charge in [0.15, 0.2) is 0 Å². The summed E-state index contributed by atoms with van der Waals surface area (Å²) >= 11 is 2.91. The van der Waals surface area contributed by atoms with Crippen molar-refractivity contribution >= 4 is 21.6 Å². The number of benzene rings is 1. The lowest BCUT2D eigenvalue weighted by atomic mass is 10.2. The molecule has 0 aliphatic rings. The second kappa shape index (κ2) is 5.61. The van der Waals surface area contributed by atoms with Crippen LogP contribution < -0.4 is 5.32 Å². The molecule has 2 rings (SSSR count). The van der Waals surface area contributed by atoms with Gasteiger partial charge in [-0.15, -0.1) is 0 Å². The number of halogens is 4. The van der Waals surface area contributed by atoms with Gasteiger partial charge < -0.3 is 5.32 Å². The molecule has 0 amide bonds. The summed E-state index contributed by atoms with van der Waals surface area (Å²) in [6.45, 7) is 0.446. The number of hydrogen-bond donors (Lipinski definition) is 1. The fraction of sp³-hybridized carbons (Fsp3) is 0.154. The minimum atomic E-state index is -4.37. The van der Waals surface area contributed by atoms with E-state index in [1.807, 2.05) is 0 Å². The van der Waals surface area contributed by atoms with Crippen molar-refractivity contribution in [2.75, 3.05) is 5.32 Å². The molecule has 0 radical (unpaired) electrons. The van der Waals surface area contributed by atoms with E-state index in [0.717, 1.165) is 11.6 Å². The molecule has 0 unspecified atom stereocenters. The van der Waals surface area contributed by atoms with Crippen molar-refractivity contribution < 1.29 is 13.2 Å². The molecule has 1 heterocycles. The van der Waals surface area contributed by atoms with Crippen molar-refractivity contribution in [1.29, 1.82) is 0 Å². The van der Waals surface area contributed by atoms with Crippen LogP contribution in [0, 0.1) is 0 Å². The predicted octanol–water partition coefficient (Wildman–Crippen LogP) is 4.48. The van der Waals surface area contributed by atoms with E-state index in [2.05, 4.69) is 26.2 Å². The van der Waals surface area contributed by atoms with Gasteiger partial charge in [0.2, 0.25) is 0 Å². The Balaban J connectivity index is 2.14. The lowest BCUT2D eigenvalue weighted by molar-refractivity contribution is -0.138. The first-order chi connectivity index (χ1) is 8.97. The molecule has 100 valence electrons. The number of aromatic nitrogens is 1. The molecule has 0 aliphatic heterocycles. The van der Waals surface area contributed by atoms with Gasteiger partial charge in [0.05, 0.1) is 5.56 Å². The third kappa shape index (κ3) is 3.70. The first-order valence-electron chi connectivity index (χ1n) is 5.46. The van der Waals surface area contributed by atoms with Gasteiger partial charge in [-0.2, -0.15) is 13.2 Å². The van der Waals surface area contributed by atoms with Gasteiger partial charge in [-0.25, -0.2) is 0 Å². The van der Waals surface area contributed by atoms with Gasteiger partial charge in [-0.3, -0.25) is 4.98 Å². The average molecular weight is 331 g/mol. The third-order valence-corrected chi connectivity index (χ3v) is 3.21.